The molecule has 66 valence electrons. The van der Waals surface area contributed by atoms with Crippen molar-refractivity contribution >= 4 is 34.0 Å². The van der Waals surface area contributed by atoms with Crippen LogP contribution in [0.25, 0.3) is 0 Å². The molecule has 0 saturated heterocycles. The van der Waals surface area contributed by atoms with Crippen LogP contribution in [0.15, 0.2) is 6.07 Å². The van der Waals surface area contributed by atoms with Crippen molar-refractivity contribution in [2.45, 2.75) is 4.43 Å². The van der Waals surface area contributed by atoms with E-state index in [2.05, 4.69) is 0 Å². The third-order valence-electron chi connectivity index (χ3n) is 1.52. The summed E-state index contributed by atoms with van der Waals surface area (Å²) in [5.41, 5.74) is 10.2. The number of hydrogen-bond donors (Lipinski definition) is 2. The molecule has 12 heavy (non-hydrogen) atoms. The fraction of sp³-hybridized carbons (Fsp3) is 0.143. The maximum absolute atomic E-state index is 13.1. The highest BCUT2D eigenvalue weighted by atomic mass is 127. The Hall–Kier alpha value is -0.590. The first-order valence-corrected chi connectivity index (χ1v) is 4.68. The van der Waals surface area contributed by atoms with Gasteiger partial charge in [-0.1, -0.05) is 22.6 Å². The predicted molar refractivity (Wildman–Crippen MR) is 52.9 cm³/mol. The molecule has 0 unspecified atom stereocenters. The Morgan fingerprint density at radius 3 is 2.42 bits per heavy atom. The van der Waals surface area contributed by atoms with Crippen molar-refractivity contribution in [3.63, 3.8) is 0 Å². The number of rotatable bonds is 1. The van der Waals surface area contributed by atoms with Crippen molar-refractivity contribution in [2.75, 3.05) is 11.5 Å². The number of benzene rings is 1. The molecule has 0 bridgehead atoms. The van der Waals surface area contributed by atoms with Gasteiger partial charge in [0.15, 0.2) is 5.82 Å². The molecule has 0 heterocycles. The normalized spacial score (nSPS) is 10.2. The SMILES string of the molecule is Nc1cc(F)c(CI)c(F)c1N. The molecule has 0 aromatic heterocycles. The van der Waals surface area contributed by atoms with Gasteiger partial charge < -0.3 is 11.5 Å². The van der Waals surface area contributed by atoms with E-state index in [-0.39, 0.29) is 21.4 Å². The molecule has 0 amide bonds. The lowest BCUT2D eigenvalue weighted by molar-refractivity contribution is 0.571. The van der Waals surface area contributed by atoms with E-state index in [1.54, 1.807) is 0 Å². The highest BCUT2D eigenvalue weighted by Gasteiger charge is 2.13. The summed E-state index contributed by atoms with van der Waals surface area (Å²) in [5, 5.41) is 0. The molecule has 1 rings (SSSR count). The van der Waals surface area contributed by atoms with Crippen LogP contribution >= 0.6 is 22.6 Å². The second-order valence-corrected chi connectivity index (χ2v) is 3.05. The van der Waals surface area contributed by atoms with E-state index >= 15 is 0 Å². The second kappa shape index (κ2) is 3.42. The number of anilines is 2. The van der Waals surface area contributed by atoms with E-state index in [1.165, 1.54) is 0 Å². The van der Waals surface area contributed by atoms with Gasteiger partial charge in [0.1, 0.15) is 5.82 Å². The quantitative estimate of drug-likeness (QED) is 0.471. The minimum atomic E-state index is -0.748. The second-order valence-electron chi connectivity index (χ2n) is 2.29. The number of halogens is 3. The molecule has 0 fully saturated rings. The van der Waals surface area contributed by atoms with Crippen molar-refractivity contribution in [1.29, 1.82) is 0 Å². The molecule has 0 spiro atoms. The zero-order chi connectivity index (χ0) is 9.30. The molecule has 2 nitrogen and oxygen atoms in total. The molecule has 0 aliphatic carbocycles. The van der Waals surface area contributed by atoms with E-state index in [1.807, 2.05) is 22.6 Å². The fourth-order valence-corrected chi connectivity index (χ4v) is 1.52. The molecule has 5 heteroatoms. The zero-order valence-corrected chi connectivity index (χ0v) is 8.23. The van der Waals surface area contributed by atoms with E-state index in [9.17, 15) is 8.78 Å². The molecule has 1 aromatic rings. The van der Waals surface area contributed by atoms with Crippen LogP contribution in [0.5, 0.6) is 0 Å². The number of nitrogens with two attached hydrogens (primary N) is 2. The Balaban J connectivity index is 3.40. The lowest BCUT2D eigenvalue weighted by Gasteiger charge is -2.06. The number of alkyl halides is 1. The van der Waals surface area contributed by atoms with Crippen LogP contribution in [0.1, 0.15) is 5.56 Å². The largest absolute Gasteiger partial charge is 0.397 e. The lowest BCUT2D eigenvalue weighted by Crippen LogP contribution is -2.03. The van der Waals surface area contributed by atoms with Crippen molar-refractivity contribution in [2.24, 2.45) is 0 Å². The van der Waals surface area contributed by atoms with Crippen molar-refractivity contribution in [3.8, 4) is 0 Å². The Kier molecular flexibility index (Phi) is 2.71. The van der Waals surface area contributed by atoms with Gasteiger partial charge in [-0.15, -0.1) is 0 Å². The maximum atomic E-state index is 13.1. The van der Waals surface area contributed by atoms with Gasteiger partial charge in [-0.05, 0) is 6.07 Å². The van der Waals surface area contributed by atoms with Crippen molar-refractivity contribution < 1.29 is 8.78 Å². The highest BCUT2D eigenvalue weighted by molar-refractivity contribution is 14.1. The highest BCUT2D eigenvalue weighted by Crippen LogP contribution is 2.26. The van der Waals surface area contributed by atoms with Gasteiger partial charge >= 0.3 is 0 Å². The van der Waals surface area contributed by atoms with E-state index in [0.717, 1.165) is 6.07 Å². The molecule has 0 saturated carbocycles. The van der Waals surface area contributed by atoms with Crippen LogP contribution in [0.2, 0.25) is 0 Å². The van der Waals surface area contributed by atoms with Crippen LogP contribution in [0, 0.1) is 11.6 Å². The summed E-state index contributed by atoms with van der Waals surface area (Å²) in [6.45, 7) is 0. The average molecular weight is 284 g/mol. The van der Waals surface area contributed by atoms with Crippen LogP contribution in [0.3, 0.4) is 0 Å². The average Bonchev–Trinajstić information content (AvgIpc) is 2.01. The number of hydrogen-bond acceptors (Lipinski definition) is 2. The maximum Gasteiger partial charge on any atom is 0.155 e. The minimum Gasteiger partial charge on any atom is -0.397 e. The van der Waals surface area contributed by atoms with Crippen LogP contribution in [-0.4, -0.2) is 0 Å². The smallest absolute Gasteiger partial charge is 0.155 e. The van der Waals surface area contributed by atoms with Gasteiger partial charge in [-0.2, -0.15) is 0 Å². The van der Waals surface area contributed by atoms with Gasteiger partial charge in [0, 0.05) is 9.99 Å². The van der Waals surface area contributed by atoms with Crippen LogP contribution in [-0.2, 0) is 4.43 Å². The standard InChI is InChI=1S/C7H7F2IN2/c8-4-1-5(11)7(12)6(9)3(4)2-10/h1H,2,11-12H2. The molecule has 0 aliphatic rings. The van der Waals surface area contributed by atoms with Crippen LogP contribution in [0.4, 0.5) is 20.2 Å². The summed E-state index contributed by atoms with van der Waals surface area (Å²) in [4.78, 5) is 0. The topological polar surface area (TPSA) is 52.0 Å². The Bertz CT molecular complexity index is 315. The predicted octanol–water partition coefficient (Wildman–Crippen LogP) is 2.06. The first kappa shape index (κ1) is 9.50. The fourth-order valence-electron chi connectivity index (χ4n) is 0.818. The zero-order valence-electron chi connectivity index (χ0n) is 6.07. The summed E-state index contributed by atoms with van der Waals surface area (Å²) >= 11 is 1.86. The molecular formula is C7H7F2IN2. The van der Waals surface area contributed by atoms with Gasteiger partial charge in [0.25, 0.3) is 0 Å². The Labute approximate surface area is 82.1 Å². The third kappa shape index (κ3) is 1.45. The number of nitrogen functional groups attached to an aromatic ring is 2. The van der Waals surface area contributed by atoms with E-state index in [0.29, 0.717) is 0 Å². The molecule has 0 aliphatic heterocycles. The third-order valence-corrected chi connectivity index (χ3v) is 2.28. The van der Waals surface area contributed by atoms with E-state index in [4.69, 9.17) is 11.5 Å². The lowest BCUT2D eigenvalue weighted by atomic mass is 10.1. The molecule has 0 atom stereocenters. The summed E-state index contributed by atoms with van der Waals surface area (Å²) in [6, 6.07) is 1.03. The first-order valence-electron chi connectivity index (χ1n) is 3.15. The van der Waals surface area contributed by atoms with Gasteiger partial charge in [-0.3, -0.25) is 0 Å². The molecular weight excluding hydrogens is 277 g/mol. The van der Waals surface area contributed by atoms with E-state index < -0.39 is 11.6 Å². The summed E-state index contributed by atoms with van der Waals surface area (Å²) in [5.74, 6) is -1.39. The van der Waals surface area contributed by atoms with Crippen molar-refractivity contribution in [1.82, 2.24) is 0 Å². The van der Waals surface area contributed by atoms with Gasteiger partial charge in [-0.25, -0.2) is 8.78 Å². The minimum absolute atomic E-state index is 0.0256. The van der Waals surface area contributed by atoms with Gasteiger partial charge in [0.05, 0.1) is 11.4 Å². The van der Waals surface area contributed by atoms with Gasteiger partial charge in [0.2, 0.25) is 0 Å². The summed E-state index contributed by atoms with van der Waals surface area (Å²) < 4.78 is 26.2. The van der Waals surface area contributed by atoms with Crippen LogP contribution < -0.4 is 11.5 Å². The first-order chi connectivity index (χ1) is 5.57. The van der Waals surface area contributed by atoms with Crippen molar-refractivity contribution in [3.05, 3.63) is 23.3 Å². The molecule has 4 N–H and O–H groups in total. The Morgan fingerprint density at radius 1 is 1.33 bits per heavy atom. The molecule has 0 radical (unpaired) electrons. The summed E-state index contributed by atoms with van der Waals surface area (Å²) in [6.07, 6.45) is 0. The molecule has 1 aromatic carbocycles. The summed E-state index contributed by atoms with van der Waals surface area (Å²) in [7, 11) is 0. The monoisotopic (exact) mass is 284 g/mol. The Morgan fingerprint density at radius 2 is 1.92 bits per heavy atom.